The van der Waals surface area contributed by atoms with Gasteiger partial charge >= 0.3 is 0 Å². The number of amides is 3. The van der Waals surface area contributed by atoms with Gasteiger partial charge in [-0.2, -0.15) is 0 Å². The molecule has 3 amide bonds. The van der Waals surface area contributed by atoms with Gasteiger partial charge in [-0.05, 0) is 60.0 Å². The van der Waals surface area contributed by atoms with Crippen LogP contribution in [0.3, 0.4) is 0 Å². The van der Waals surface area contributed by atoms with Crippen molar-refractivity contribution in [2.75, 3.05) is 10.6 Å². The van der Waals surface area contributed by atoms with E-state index in [1.165, 1.54) is 6.92 Å². The van der Waals surface area contributed by atoms with E-state index >= 15 is 0 Å². The third-order valence-electron chi connectivity index (χ3n) is 6.99. The Morgan fingerprint density at radius 1 is 0.688 bits per heavy atom. The Morgan fingerprint density at radius 2 is 1.29 bits per heavy atom. The summed E-state index contributed by atoms with van der Waals surface area (Å²) >= 11 is 0.971. The summed E-state index contributed by atoms with van der Waals surface area (Å²) in [7, 11) is 0. The van der Waals surface area contributed by atoms with E-state index in [0.717, 1.165) is 22.9 Å². The maximum Gasteiger partial charge on any atom is 0.272 e. The molecule has 0 aliphatic heterocycles. The van der Waals surface area contributed by atoms with Crippen molar-refractivity contribution in [3.63, 3.8) is 0 Å². The Kier molecular flexibility index (Phi) is 10.7. The van der Waals surface area contributed by atoms with Crippen molar-refractivity contribution in [1.82, 2.24) is 5.32 Å². The van der Waals surface area contributed by atoms with E-state index in [4.69, 9.17) is 0 Å². The molecule has 0 saturated heterocycles. The van der Waals surface area contributed by atoms with Crippen molar-refractivity contribution < 1.29 is 31.9 Å². The second kappa shape index (κ2) is 15.3. The van der Waals surface area contributed by atoms with Gasteiger partial charge in [0.15, 0.2) is 23.3 Å². The van der Waals surface area contributed by atoms with Crippen LogP contribution in [0.25, 0.3) is 17.2 Å². The molecular formula is C37H27F4N3O3S. The van der Waals surface area contributed by atoms with Gasteiger partial charge in [-0.25, -0.2) is 17.6 Å². The van der Waals surface area contributed by atoms with Gasteiger partial charge in [0, 0.05) is 22.2 Å². The van der Waals surface area contributed by atoms with Crippen LogP contribution in [0.4, 0.5) is 28.9 Å². The van der Waals surface area contributed by atoms with Crippen LogP contribution in [0.2, 0.25) is 0 Å². The van der Waals surface area contributed by atoms with Crippen LogP contribution >= 0.6 is 11.8 Å². The summed E-state index contributed by atoms with van der Waals surface area (Å²) in [6.45, 7) is 1.43. The lowest BCUT2D eigenvalue weighted by Gasteiger charge is -2.15. The second-order valence-electron chi connectivity index (χ2n) is 10.4. The Bertz CT molecular complexity index is 1960. The molecule has 3 N–H and O–H groups in total. The Hall–Kier alpha value is -5.68. The minimum atomic E-state index is -1.72. The number of halogens is 4. The van der Waals surface area contributed by atoms with E-state index in [2.05, 4.69) is 10.6 Å². The fraction of sp³-hybridized carbons (Fsp3) is 0.0541. The molecule has 0 saturated carbocycles. The molecule has 48 heavy (non-hydrogen) atoms. The zero-order valence-electron chi connectivity index (χ0n) is 25.3. The normalized spacial score (nSPS) is 11.8. The highest BCUT2D eigenvalue weighted by Gasteiger charge is 2.24. The number of nitrogens with one attached hydrogen (secondary N) is 3. The van der Waals surface area contributed by atoms with Crippen molar-refractivity contribution >= 4 is 46.9 Å². The monoisotopic (exact) mass is 669 g/mol. The summed E-state index contributed by atoms with van der Waals surface area (Å²) in [5.74, 6) is -8.77. The Labute approximate surface area is 277 Å². The second-order valence-corrected chi connectivity index (χ2v) is 11.9. The SMILES string of the molecule is CC(Sc1cccc(NC(=O)/C(=C\c2ccc(-c3ccccc3)cc2)NC(=O)c2ccccc2)c1)C(=O)Nc1c(F)c(F)cc(F)c1F. The van der Waals surface area contributed by atoms with E-state index in [1.807, 2.05) is 59.9 Å². The summed E-state index contributed by atoms with van der Waals surface area (Å²) in [6.07, 6.45) is 1.55. The van der Waals surface area contributed by atoms with Gasteiger partial charge < -0.3 is 16.0 Å². The predicted molar refractivity (Wildman–Crippen MR) is 179 cm³/mol. The lowest BCUT2D eigenvalue weighted by molar-refractivity contribution is -0.115. The maximum absolute atomic E-state index is 14.1. The standard InChI is InChI=1S/C37H27F4N3O3S/c1-22(35(45)44-34-32(40)29(38)21-30(39)33(34)41)48-28-14-8-13-27(20-28)42-37(47)31(43-36(46)26-11-6-3-7-12-26)19-23-15-17-25(18-16-23)24-9-4-2-5-10-24/h2-22H,1H3,(H,42,47)(H,43,46)(H,44,45)/b31-19+. The van der Waals surface area contributed by atoms with Gasteiger partial charge in [-0.1, -0.05) is 78.9 Å². The first-order valence-corrected chi connectivity index (χ1v) is 15.4. The van der Waals surface area contributed by atoms with Crippen LogP contribution in [-0.4, -0.2) is 23.0 Å². The summed E-state index contributed by atoms with van der Waals surface area (Å²) in [5.41, 5.74) is 2.07. The molecule has 0 fully saturated rings. The lowest BCUT2D eigenvalue weighted by Crippen LogP contribution is -2.30. The Balaban J connectivity index is 1.32. The van der Waals surface area contributed by atoms with E-state index in [1.54, 1.807) is 60.7 Å². The third kappa shape index (κ3) is 8.37. The zero-order valence-corrected chi connectivity index (χ0v) is 26.1. The molecule has 0 radical (unpaired) electrons. The highest BCUT2D eigenvalue weighted by molar-refractivity contribution is 8.00. The van der Waals surface area contributed by atoms with Gasteiger partial charge in [0.1, 0.15) is 11.4 Å². The van der Waals surface area contributed by atoms with Crippen LogP contribution in [0.5, 0.6) is 0 Å². The molecule has 0 aliphatic rings. The van der Waals surface area contributed by atoms with E-state index in [-0.39, 0.29) is 11.8 Å². The van der Waals surface area contributed by atoms with Crippen LogP contribution < -0.4 is 16.0 Å². The Morgan fingerprint density at radius 3 is 1.94 bits per heavy atom. The van der Waals surface area contributed by atoms with Crippen molar-refractivity contribution in [3.8, 4) is 11.1 Å². The highest BCUT2D eigenvalue weighted by Crippen LogP contribution is 2.29. The molecule has 11 heteroatoms. The molecule has 1 atom stereocenters. The number of hydrogen-bond donors (Lipinski definition) is 3. The maximum atomic E-state index is 14.1. The quantitative estimate of drug-likeness (QED) is 0.0603. The van der Waals surface area contributed by atoms with Crippen LogP contribution in [0.1, 0.15) is 22.8 Å². The topological polar surface area (TPSA) is 87.3 Å². The van der Waals surface area contributed by atoms with Crippen LogP contribution in [-0.2, 0) is 9.59 Å². The van der Waals surface area contributed by atoms with Crippen LogP contribution in [0.15, 0.2) is 126 Å². The molecule has 6 nitrogen and oxygen atoms in total. The van der Waals surface area contributed by atoms with Crippen molar-refractivity contribution in [2.24, 2.45) is 0 Å². The molecule has 0 aliphatic carbocycles. The number of carbonyl (C=O) groups is 3. The zero-order chi connectivity index (χ0) is 34.2. The first-order chi connectivity index (χ1) is 23.1. The van der Waals surface area contributed by atoms with Gasteiger partial charge in [0.2, 0.25) is 5.91 Å². The van der Waals surface area contributed by atoms with Crippen molar-refractivity contribution in [3.05, 3.63) is 155 Å². The molecule has 5 rings (SSSR count). The molecule has 5 aromatic rings. The molecule has 242 valence electrons. The minimum Gasteiger partial charge on any atom is -0.321 e. The number of anilines is 2. The average molecular weight is 670 g/mol. The van der Waals surface area contributed by atoms with Gasteiger partial charge in [0.05, 0.1) is 5.25 Å². The number of hydrogen-bond acceptors (Lipinski definition) is 4. The van der Waals surface area contributed by atoms with Gasteiger partial charge in [-0.3, -0.25) is 14.4 Å². The first kappa shape index (κ1) is 33.7. The number of thioether (sulfide) groups is 1. The molecular weight excluding hydrogens is 642 g/mol. The molecule has 0 aromatic heterocycles. The number of benzene rings is 5. The minimum absolute atomic E-state index is 0.0338. The van der Waals surface area contributed by atoms with E-state index in [0.29, 0.717) is 21.7 Å². The number of rotatable bonds is 10. The highest BCUT2D eigenvalue weighted by atomic mass is 32.2. The lowest BCUT2D eigenvalue weighted by atomic mass is 10.0. The molecule has 0 heterocycles. The number of carbonyl (C=O) groups excluding carboxylic acids is 3. The summed E-state index contributed by atoms with van der Waals surface area (Å²) in [5, 5.41) is 6.37. The smallest absolute Gasteiger partial charge is 0.272 e. The molecule has 5 aromatic carbocycles. The van der Waals surface area contributed by atoms with Gasteiger partial charge in [-0.15, -0.1) is 11.8 Å². The first-order valence-electron chi connectivity index (χ1n) is 14.5. The van der Waals surface area contributed by atoms with Gasteiger partial charge in [0.25, 0.3) is 11.8 Å². The predicted octanol–water partition coefficient (Wildman–Crippen LogP) is 8.44. The summed E-state index contributed by atoms with van der Waals surface area (Å²) in [6, 6.07) is 32.1. The average Bonchev–Trinajstić information content (AvgIpc) is 3.10. The van der Waals surface area contributed by atoms with Crippen molar-refractivity contribution in [2.45, 2.75) is 17.1 Å². The largest absolute Gasteiger partial charge is 0.321 e. The van der Waals surface area contributed by atoms with E-state index in [9.17, 15) is 31.9 Å². The molecule has 0 bridgehead atoms. The third-order valence-corrected chi connectivity index (χ3v) is 8.09. The summed E-state index contributed by atoms with van der Waals surface area (Å²) < 4.78 is 55.3. The fourth-order valence-electron chi connectivity index (χ4n) is 4.52. The van der Waals surface area contributed by atoms with Crippen molar-refractivity contribution in [1.29, 1.82) is 0 Å². The molecule has 0 spiro atoms. The van der Waals surface area contributed by atoms with E-state index < -0.39 is 51.9 Å². The summed E-state index contributed by atoms with van der Waals surface area (Å²) in [4.78, 5) is 39.7. The van der Waals surface area contributed by atoms with Crippen LogP contribution in [0, 0.1) is 23.3 Å². The fourth-order valence-corrected chi connectivity index (χ4v) is 5.45. The molecule has 1 unspecified atom stereocenters.